The van der Waals surface area contributed by atoms with Crippen LogP contribution in [0.1, 0.15) is 71.6 Å². The monoisotopic (exact) mass is 223 g/mol. The SMILES string of the molecule is CCCC[CH]C(=O)C/C=C\CCCCCC. The van der Waals surface area contributed by atoms with Gasteiger partial charge in [0.15, 0.2) is 0 Å². The molecule has 0 saturated heterocycles. The molecule has 0 aromatic carbocycles. The van der Waals surface area contributed by atoms with Gasteiger partial charge in [-0.2, -0.15) is 0 Å². The van der Waals surface area contributed by atoms with E-state index in [0.717, 1.165) is 25.7 Å². The van der Waals surface area contributed by atoms with Crippen molar-refractivity contribution in [2.75, 3.05) is 0 Å². The molecule has 0 bridgehead atoms. The maximum Gasteiger partial charge on any atom is 0.140 e. The number of hydrogen-bond donors (Lipinski definition) is 0. The maximum atomic E-state index is 11.3. The molecule has 0 aromatic heterocycles. The van der Waals surface area contributed by atoms with Crippen LogP contribution in [0.2, 0.25) is 0 Å². The van der Waals surface area contributed by atoms with Gasteiger partial charge in [-0.05, 0) is 19.3 Å². The molecule has 0 rings (SSSR count). The van der Waals surface area contributed by atoms with Gasteiger partial charge in [0.05, 0.1) is 0 Å². The first kappa shape index (κ1) is 15.4. The molecule has 0 aromatic rings. The molecule has 1 heteroatoms. The van der Waals surface area contributed by atoms with Crippen molar-refractivity contribution in [2.45, 2.75) is 71.6 Å². The van der Waals surface area contributed by atoms with Crippen LogP contribution in [0.3, 0.4) is 0 Å². The normalized spacial score (nSPS) is 11.1. The molecule has 16 heavy (non-hydrogen) atoms. The topological polar surface area (TPSA) is 17.1 Å². The molecule has 0 N–H and O–H groups in total. The molecule has 0 atom stereocenters. The molecule has 93 valence electrons. The van der Waals surface area contributed by atoms with E-state index in [9.17, 15) is 4.79 Å². The van der Waals surface area contributed by atoms with Crippen LogP contribution >= 0.6 is 0 Å². The van der Waals surface area contributed by atoms with Gasteiger partial charge in [0.1, 0.15) is 5.78 Å². The summed E-state index contributed by atoms with van der Waals surface area (Å²) in [6, 6.07) is 0. The third kappa shape index (κ3) is 11.5. The minimum atomic E-state index is 0.276. The van der Waals surface area contributed by atoms with Crippen LogP contribution in [-0.2, 0) is 4.79 Å². The second-order valence-corrected chi connectivity index (χ2v) is 4.34. The van der Waals surface area contributed by atoms with Gasteiger partial charge in [0.2, 0.25) is 0 Å². The standard InChI is InChI=1S/C15H27O/c1-3-5-7-8-9-10-12-14-15(16)13-11-6-4-2/h10,12-13H,3-9,11,14H2,1-2H3/b12-10-. The summed E-state index contributed by atoms with van der Waals surface area (Å²) in [7, 11) is 0. The van der Waals surface area contributed by atoms with Crippen molar-refractivity contribution in [3.05, 3.63) is 18.6 Å². The van der Waals surface area contributed by atoms with Crippen molar-refractivity contribution >= 4 is 5.78 Å². The first-order valence-corrected chi connectivity index (χ1v) is 6.82. The lowest BCUT2D eigenvalue weighted by Crippen LogP contribution is -1.96. The number of carbonyl (C=O) groups is 1. The number of hydrogen-bond acceptors (Lipinski definition) is 1. The van der Waals surface area contributed by atoms with Crippen LogP contribution in [0.15, 0.2) is 12.2 Å². The zero-order chi connectivity index (χ0) is 12.1. The van der Waals surface area contributed by atoms with E-state index in [1.165, 1.54) is 25.7 Å². The second-order valence-electron chi connectivity index (χ2n) is 4.34. The summed E-state index contributed by atoms with van der Waals surface area (Å²) in [5, 5.41) is 0. The Balaban J connectivity index is 3.27. The third-order valence-electron chi connectivity index (χ3n) is 2.64. The van der Waals surface area contributed by atoms with E-state index in [1.54, 1.807) is 0 Å². The second kappa shape index (κ2) is 12.5. The van der Waals surface area contributed by atoms with Gasteiger partial charge in [-0.25, -0.2) is 0 Å². The fraction of sp³-hybridized carbons (Fsp3) is 0.733. The fourth-order valence-corrected chi connectivity index (χ4v) is 1.56. The summed E-state index contributed by atoms with van der Waals surface area (Å²) in [6.07, 6.45) is 16.2. The number of Topliss-reactive ketones (excluding diaryl/α,β-unsaturated/α-hetero) is 1. The fourth-order valence-electron chi connectivity index (χ4n) is 1.56. The minimum Gasteiger partial charge on any atom is -0.299 e. The molecule has 0 aliphatic carbocycles. The molecular weight excluding hydrogens is 196 g/mol. The summed E-state index contributed by atoms with van der Waals surface area (Å²) in [5.74, 6) is 0.276. The van der Waals surface area contributed by atoms with Crippen molar-refractivity contribution in [2.24, 2.45) is 0 Å². The largest absolute Gasteiger partial charge is 0.299 e. The molecular formula is C15H27O. The summed E-state index contributed by atoms with van der Waals surface area (Å²) in [6.45, 7) is 4.37. The smallest absolute Gasteiger partial charge is 0.140 e. The van der Waals surface area contributed by atoms with E-state index >= 15 is 0 Å². The number of ketones is 1. The number of allylic oxidation sites excluding steroid dienone is 2. The molecule has 0 saturated carbocycles. The van der Waals surface area contributed by atoms with Gasteiger partial charge in [0.25, 0.3) is 0 Å². The lowest BCUT2D eigenvalue weighted by Gasteiger charge is -1.96. The van der Waals surface area contributed by atoms with Gasteiger partial charge in [-0.3, -0.25) is 4.79 Å². The van der Waals surface area contributed by atoms with Crippen LogP contribution in [0.25, 0.3) is 0 Å². The molecule has 0 aliphatic heterocycles. The predicted octanol–water partition coefficient (Wildman–Crippen LogP) is 4.87. The van der Waals surface area contributed by atoms with E-state index in [2.05, 4.69) is 19.9 Å². The molecule has 1 nitrogen and oxygen atoms in total. The molecule has 0 aliphatic rings. The van der Waals surface area contributed by atoms with Gasteiger partial charge in [0, 0.05) is 12.8 Å². The van der Waals surface area contributed by atoms with Gasteiger partial charge < -0.3 is 0 Å². The van der Waals surface area contributed by atoms with Crippen molar-refractivity contribution in [3.63, 3.8) is 0 Å². The highest BCUT2D eigenvalue weighted by atomic mass is 16.1. The van der Waals surface area contributed by atoms with Gasteiger partial charge >= 0.3 is 0 Å². The van der Waals surface area contributed by atoms with Gasteiger partial charge in [-0.15, -0.1) is 0 Å². The lowest BCUT2D eigenvalue weighted by molar-refractivity contribution is -0.115. The highest BCUT2D eigenvalue weighted by Crippen LogP contribution is 2.04. The van der Waals surface area contributed by atoms with Crippen LogP contribution in [-0.4, -0.2) is 5.78 Å². The van der Waals surface area contributed by atoms with Crippen molar-refractivity contribution in [1.82, 2.24) is 0 Å². The van der Waals surface area contributed by atoms with Crippen LogP contribution in [0, 0.1) is 6.42 Å². The lowest BCUT2D eigenvalue weighted by atomic mass is 10.1. The van der Waals surface area contributed by atoms with E-state index in [1.807, 2.05) is 12.5 Å². The van der Waals surface area contributed by atoms with Crippen LogP contribution in [0.4, 0.5) is 0 Å². The van der Waals surface area contributed by atoms with E-state index in [4.69, 9.17) is 0 Å². The minimum absolute atomic E-state index is 0.276. The quantitative estimate of drug-likeness (QED) is 0.361. The van der Waals surface area contributed by atoms with E-state index in [0.29, 0.717) is 6.42 Å². The summed E-state index contributed by atoms with van der Waals surface area (Å²) in [5.41, 5.74) is 0. The Morgan fingerprint density at radius 3 is 2.31 bits per heavy atom. The molecule has 0 heterocycles. The highest BCUT2D eigenvalue weighted by molar-refractivity contribution is 5.87. The van der Waals surface area contributed by atoms with E-state index < -0.39 is 0 Å². The number of carbonyl (C=O) groups excluding carboxylic acids is 1. The number of rotatable bonds is 11. The molecule has 0 spiro atoms. The summed E-state index contributed by atoms with van der Waals surface area (Å²) in [4.78, 5) is 11.3. The highest BCUT2D eigenvalue weighted by Gasteiger charge is 1.98. The Morgan fingerprint density at radius 1 is 0.875 bits per heavy atom. The first-order chi connectivity index (χ1) is 7.81. The number of unbranched alkanes of at least 4 members (excludes halogenated alkanes) is 6. The van der Waals surface area contributed by atoms with Crippen molar-refractivity contribution in [1.29, 1.82) is 0 Å². The van der Waals surface area contributed by atoms with Crippen molar-refractivity contribution in [3.8, 4) is 0 Å². The first-order valence-electron chi connectivity index (χ1n) is 6.82. The Hall–Kier alpha value is -0.590. The van der Waals surface area contributed by atoms with Gasteiger partial charge in [-0.1, -0.05) is 58.1 Å². The Labute approximate surface area is 101 Å². The Morgan fingerprint density at radius 2 is 1.62 bits per heavy atom. The molecule has 0 fully saturated rings. The third-order valence-corrected chi connectivity index (χ3v) is 2.64. The molecule has 1 radical (unpaired) electrons. The predicted molar refractivity (Wildman–Crippen MR) is 71.3 cm³/mol. The zero-order valence-electron chi connectivity index (χ0n) is 11.0. The average molecular weight is 223 g/mol. The average Bonchev–Trinajstić information content (AvgIpc) is 2.28. The Bertz CT molecular complexity index is 182. The van der Waals surface area contributed by atoms with E-state index in [-0.39, 0.29) is 5.78 Å². The molecule has 0 unspecified atom stereocenters. The van der Waals surface area contributed by atoms with Crippen LogP contribution in [0.5, 0.6) is 0 Å². The maximum absolute atomic E-state index is 11.3. The summed E-state index contributed by atoms with van der Waals surface area (Å²) < 4.78 is 0. The summed E-state index contributed by atoms with van der Waals surface area (Å²) >= 11 is 0. The molecule has 0 amide bonds. The Kier molecular flexibility index (Phi) is 12.0. The van der Waals surface area contributed by atoms with Crippen LogP contribution < -0.4 is 0 Å². The van der Waals surface area contributed by atoms with Crippen molar-refractivity contribution < 1.29 is 4.79 Å². The zero-order valence-corrected chi connectivity index (χ0v) is 11.0.